The van der Waals surface area contributed by atoms with Crippen LogP contribution in [0.3, 0.4) is 0 Å². The number of thioether (sulfide) groups is 1. The summed E-state index contributed by atoms with van der Waals surface area (Å²) in [4.78, 5) is 23.4. The number of thiazole rings is 2. The van der Waals surface area contributed by atoms with Gasteiger partial charge in [0.05, 0.1) is 11.4 Å². The van der Waals surface area contributed by atoms with Gasteiger partial charge in [-0.3, -0.25) is 9.69 Å². The van der Waals surface area contributed by atoms with Gasteiger partial charge in [-0.1, -0.05) is 48.2 Å². The average molecular weight is 388 g/mol. The van der Waals surface area contributed by atoms with Crippen molar-refractivity contribution in [2.24, 2.45) is 0 Å². The smallest absolute Gasteiger partial charge is 0.239 e. The van der Waals surface area contributed by atoms with E-state index in [0.717, 1.165) is 21.3 Å². The van der Waals surface area contributed by atoms with Gasteiger partial charge in [-0.05, 0) is 6.92 Å². The molecule has 0 aliphatic rings. The molecule has 25 heavy (non-hydrogen) atoms. The Labute approximate surface area is 159 Å². The number of anilines is 1. The molecule has 0 saturated heterocycles. The number of carbonyl (C=O) groups excluding carboxylic acids is 1. The number of hydrogen-bond donors (Lipinski definition) is 0. The van der Waals surface area contributed by atoms with Crippen molar-refractivity contribution in [3.63, 3.8) is 0 Å². The summed E-state index contributed by atoms with van der Waals surface area (Å²) >= 11 is 4.49. The maximum absolute atomic E-state index is 12.7. The molecule has 0 spiro atoms. The monoisotopic (exact) mass is 387 g/mol. The van der Waals surface area contributed by atoms with Crippen molar-refractivity contribution in [2.75, 3.05) is 17.2 Å². The molecule has 2 aromatic heterocycles. The van der Waals surface area contributed by atoms with Crippen molar-refractivity contribution in [3.8, 4) is 11.3 Å². The topological polar surface area (TPSA) is 46.1 Å². The third kappa shape index (κ3) is 4.56. The van der Waals surface area contributed by atoms with Crippen LogP contribution in [-0.2, 0) is 4.79 Å². The summed E-state index contributed by atoms with van der Waals surface area (Å²) in [6.07, 6.45) is 1.72. The number of benzene rings is 1. The highest BCUT2D eigenvalue weighted by atomic mass is 32.2. The Morgan fingerprint density at radius 1 is 1.24 bits per heavy atom. The lowest BCUT2D eigenvalue weighted by molar-refractivity contribution is -0.116. The molecule has 0 fully saturated rings. The van der Waals surface area contributed by atoms with Crippen LogP contribution in [0.25, 0.3) is 11.3 Å². The molecule has 3 rings (SSSR count). The zero-order valence-corrected chi connectivity index (χ0v) is 16.2. The lowest BCUT2D eigenvalue weighted by Gasteiger charge is -2.17. The van der Waals surface area contributed by atoms with Gasteiger partial charge < -0.3 is 0 Å². The fourth-order valence-electron chi connectivity index (χ4n) is 2.15. The molecule has 0 N–H and O–H groups in total. The molecule has 7 heteroatoms. The lowest BCUT2D eigenvalue weighted by atomic mass is 10.2. The maximum atomic E-state index is 12.7. The summed E-state index contributed by atoms with van der Waals surface area (Å²) in [6.45, 7) is 6.15. The van der Waals surface area contributed by atoms with Gasteiger partial charge in [0.15, 0.2) is 9.47 Å². The molecule has 128 valence electrons. The first-order valence-corrected chi connectivity index (χ1v) is 10.4. The summed E-state index contributed by atoms with van der Waals surface area (Å²) in [5, 5.41) is 4.66. The van der Waals surface area contributed by atoms with E-state index in [1.54, 1.807) is 22.3 Å². The molecule has 0 radical (unpaired) electrons. The predicted molar refractivity (Wildman–Crippen MR) is 108 cm³/mol. The molecule has 1 amide bonds. The quantitative estimate of drug-likeness (QED) is 0.428. The van der Waals surface area contributed by atoms with E-state index in [2.05, 4.69) is 16.5 Å². The second kappa shape index (κ2) is 8.42. The molecule has 0 aliphatic heterocycles. The van der Waals surface area contributed by atoms with E-state index in [-0.39, 0.29) is 5.91 Å². The van der Waals surface area contributed by atoms with Gasteiger partial charge in [-0.25, -0.2) is 9.97 Å². The fourth-order valence-corrected chi connectivity index (χ4v) is 4.73. The molecular weight excluding hydrogens is 370 g/mol. The van der Waals surface area contributed by atoms with Crippen LogP contribution in [0, 0.1) is 6.92 Å². The van der Waals surface area contributed by atoms with Crippen LogP contribution in [0.1, 0.15) is 5.69 Å². The lowest BCUT2D eigenvalue weighted by Crippen LogP contribution is -2.32. The molecule has 0 aliphatic carbocycles. The second-order valence-corrected chi connectivity index (χ2v) is 8.13. The molecular formula is C18H17N3OS3. The van der Waals surface area contributed by atoms with Gasteiger partial charge in [-0.2, -0.15) is 0 Å². The molecule has 0 bridgehead atoms. The summed E-state index contributed by atoms with van der Waals surface area (Å²) in [5.41, 5.74) is 2.91. The number of rotatable bonds is 7. The summed E-state index contributed by atoms with van der Waals surface area (Å²) < 4.78 is 0.911. The number of carbonyl (C=O) groups is 1. The van der Waals surface area contributed by atoms with Gasteiger partial charge in [-0.15, -0.1) is 29.3 Å². The first-order chi connectivity index (χ1) is 12.2. The van der Waals surface area contributed by atoms with Crippen molar-refractivity contribution >= 4 is 45.5 Å². The van der Waals surface area contributed by atoms with Gasteiger partial charge >= 0.3 is 0 Å². The second-order valence-electron chi connectivity index (χ2n) is 5.22. The molecule has 4 nitrogen and oxygen atoms in total. The third-order valence-electron chi connectivity index (χ3n) is 3.32. The van der Waals surface area contributed by atoms with E-state index >= 15 is 0 Å². The average Bonchev–Trinajstić information content (AvgIpc) is 3.27. The Morgan fingerprint density at radius 2 is 2.04 bits per heavy atom. The van der Waals surface area contributed by atoms with Crippen LogP contribution in [0.2, 0.25) is 0 Å². The van der Waals surface area contributed by atoms with Crippen LogP contribution in [0.4, 0.5) is 5.13 Å². The minimum Gasteiger partial charge on any atom is -0.284 e. The minimum atomic E-state index is 0.00622. The van der Waals surface area contributed by atoms with Gasteiger partial charge in [0.25, 0.3) is 0 Å². The number of amides is 1. The van der Waals surface area contributed by atoms with Gasteiger partial charge in [0.2, 0.25) is 5.91 Å². The highest BCUT2D eigenvalue weighted by Gasteiger charge is 2.19. The highest BCUT2D eigenvalue weighted by Crippen LogP contribution is 2.29. The van der Waals surface area contributed by atoms with E-state index < -0.39 is 0 Å². The summed E-state index contributed by atoms with van der Waals surface area (Å²) in [5.74, 6) is 0.341. The zero-order valence-electron chi connectivity index (χ0n) is 13.7. The highest BCUT2D eigenvalue weighted by molar-refractivity contribution is 8.01. The maximum Gasteiger partial charge on any atom is 0.239 e. The number of aromatic nitrogens is 2. The minimum absolute atomic E-state index is 0.00622. The van der Waals surface area contributed by atoms with Crippen LogP contribution >= 0.6 is 34.4 Å². The van der Waals surface area contributed by atoms with E-state index in [1.165, 1.54) is 23.1 Å². The molecule has 3 aromatic rings. The van der Waals surface area contributed by atoms with Crippen molar-refractivity contribution in [3.05, 3.63) is 59.4 Å². The van der Waals surface area contributed by atoms with Gasteiger partial charge in [0.1, 0.15) is 0 Å². The summed E-state index contributed by atoms with van der Waals surface area (Å²) in [6, 6.07) is 9.96. The van der Waals surface area contributed by atoms with E-state index in [0.29, 0.717) is 17.4 Å². The number of hydrogen-bond acceptors (Lipinski definition) is 6. The fraction of sp³-hybridized carbons (Fsp3) is 0.167. The number of aryl methyl sites for hydroxylation is 1. The van der Waals surface area contributed by atoms with Crippen LogP contribution < -0.4 is 4.90 Å². The number of nitrogens with zero attached hydrogens (tertiary/aromatic N) is 3. The predicted octanol–water partition coefficient (Wildman–Crippen LogP) is 4.89. The Morgan fingerprint density at radius 3 is 2.72 bits per heavy atom. The summed E-state index contributed by atoms with van der Waals surface area (Å²) in [7, 11) is 0. The van der Waals surface area contributed by atoms with Crippen LogP contribution in [0.5, 0.6) is 0 Å². The Balaban J connectivity index is 1.73. The van der Waals surface area contributed by atoms with E-state index in [1.807, 2.05) is 48.0 Å². The third-order valence-corrected chi connectivity index (χ3v) is 6.31. The van der Waals surface area contributed by atoms with Gasteiger partial charge in [0, 0.05) is 28.6 Å². The Hall–Kier alpha value is -1.96. The molecule has 0 atom stereocenters. The van der Waals surface area contributed by atoms with Crippen molar-refractivity contribution < 1.29 is 4.79 Å². The van der Waals surface area contributed by atoms with Crippen molar-refractivity contribution in [1.29, 1.82) is 0 Å². The van der Waals surface area contributed by atoms with Crippen molar-refractivity contribution in [1.82, 2.24) is 9.97 Å². The molecule has 1 aromatic carbocycles. The van der Waals surface area contributed by atoms with Crippen molar-refractivity contribution in [2.45, 2.75) is 11.3 Å². The molecule has 0 unspecified atom stereocenters. The van der Waals surface area contributed by atoms with Crippen LogP contribution in [-0.4, -0.2) is 28.2 Å². The van der Waals surface area contributed by atoms with E-state index in [4.69, 9.17) is 0 Å². The normalized spacial score (nSPS) is 10.6. The van der Waals surface area contributed by atoms with Crippen LogP contribution in [0.15, 0.2) is 58.1 Å². The zero-order chi connectivity index (χ0) is 17.6. The SMILES string of the molecule is C=CCN(C(=O)CSc1nc(C)cs1)c1nc(-c2ccccc2)cs1. The first-order valence-electron chi connectivity index (χ1n) is 7.64. The molecule has 0 saturated carbocycles. The Kier molecular flexibility index (Phi) is 6.01. The van der Waals surface area contributed by atoms with E-state index in [9.17, 15) is 4.79 Å². The Bertz CT molecular complexity index is 857. The standard InChI is InChI=1S/C18H17N3OS3/c1-3-9-21(16(22)12-25-18-19-13(2)10-24-18)17-20-15(11-23-17)14-7-5-4-6-8-14/h3-8,10-11H,1,9,12H2,2H3. The first kappa shape index (κ1) is 17.8. The molecule has 2 heterocycles. The largest absolute Gasteiger partial charge is 0.284 e.